The molecule has 2 aromatic rings. The first-order valence-corrected chi connectivity index (χ1v) is 7.67. The van der Waals surface area contributed by atoms with Crippen LogP contribution in [0.15, 0.2) is 41.0 Å². The van der Waals surface area contributed by atoms with Crippen LogP contribution in [-0.4, -0.2) is 28.6 Å². The van der Waals surface area contributed by atoms with Gasteiger partial charge in [0.2, 0.25) is 0 Å². The highest BCUT2D eigenvalue weighted by atomic mass is 16.4. The zero-order valence-corrected chi connectivity index (χ0v) is 13.0. The summed E-state index contributed by atoms with van der Waals surface area (Å²) in [6.45, 7) is 4.91. The van der Waals surface area contributed by atoms with Crippen LogP contribution in [0.3, 0.4) is 0 Å². The molecule has 116 valence electrons. The van der Waals surface area contributed by atoms with Crippen molar-refractivity contribution in [3.63, 3.8) is 0 Å². The van der Waals surface area contributed by atoms with E-state index in [4.69, 9.17) is 4.42 Å². The number of hydrogen-bond acceptors (Lipinski definition) is 3. The van der Waals surface area contributed by atoms with Crippen molar-refractivity contribution in [1.82, 2.24) is 4.90 Å². The Morgan fingerprint density at radius 1 is 1.36 bits per heavy atom. The van der Waals surface area contributed by atoms with Crippen molar-refractivity contribution in [2.75, 3.05) is 6.54 Å². The first-order valence-electron chi connectivity index (χ1n) is 7.67. The number of carboxylic acids is 1. The molecule has 0 spiro atoms. The fourth-order valence-corrected chi connectivity index (χ4v) is 3.44. The SMILES string of the molecule is Cc1ccc(C(c2ccco2)N2CCCC2C(=O)O)c(C)c1. The van der Waals surface area contributed by atoms with Crippen molar-refractivity contribution in [1.29, 1.82) is 0 Å². The maximum atomic E-state index is 11.6. The van der Waals surface area contributed by atoms with E-state index >= 15 is 0 Å². The predicted molar refractivity (Wildman–Crippen MR) is 83.8 cm³/mol. The van der Waals surface area contributed by atoms with Gasteiger partial charge >= 0.3 is 5.97 Å². The molecule has 4 heteroatoms. The second-order valence-electron chi connectivity index (χ2n) is 6.01. The molecule has 0 saturated carbocycles. The second kappa shape index (κ2) is 5.97. The summed E-state index contributed by atoms with van der Waals surface area (Å²) < 4.78 is 5.64. The lowest BCUT2D eigenvalue weighted by Crippen LogP contribution is -2.39. The number of aliphatic carboxylic acids is 1. The Bertz CT molecular complexity index is 663. The highest BCUT2D eigenvalue weighted by Gasteiger charge is 2.38. The standard InChI is InChI=1S/C18H21NO3/c1-12-7-8-14(13(2)11-12)17(16-6-4-10-22-16)19-9-3-5-15(19)18(20)21/h4,6-8,10-11,15,17H,3,5,9H2,1-2H3,(H,20,21). The smallest absolute Gasteiger partial charge is 0.320 e. The summed E-state index contributed by atoms with van der Waals surface area (Å²) in [6.07, 6.45) is 3.24. The molecule has 1 saturated heterocycles. The number of likely N-dealkylation sites (tertiary alicyclic amines) is 1. The largest absolute Gasteiger partial charge is 0.480 e. The third-order valence-corrected chi connectivity index (χ3v) is 4.44. The number of aryl methyl sites for hydroxylation is 2. The van der Waals surface area contributed by atoms with Crippen molar-refractivity contribution in [2.45, 2.75) is 38.8 Å². The molecule has 0 aliphatic carbocycles. The molecule has 22 heavy (non-hydrogen) atoms. The molecule has 1 fully saturated rings. The summed E-state index contributed by atoms with van der Waals surface area (Å²) in [6, 6.07) is 9.50. The third-order valence-electron chi connectivity index (χ3n) is 4.44. The molecule has 2 unspecified atom stereocenters. The molecule has 4 nitrogen and oxygen atoms in total. The number of furan rings is 1. The zero-order valence-electron chi connectivity index (χ0n) is 13.0. The van der Waals surface area contributed by atoms with Crippen LogP contribution in [0.4, 0.5) is 0 Å². The van der Waals surface area contributed by atoms with Crippen molar-refractivity contribution in [3.8, 4) is 0 Å². The summed E-state index contributed by atoms with van der Waals surface area (Å²) in [5.41, 5.74) is 3.49. The molecule has 2 heterocycles. The maximum Gasteiger partial charge on any atom is 0.320 e. The van der Waals surface area contributed by atoms with Crippen LogP contribution >= 0.6 is 0 Å². The summed E-state index contributed by atoms with van der Waals surface area (Å²) in [4.78, 5) is 13.6. The van der Waals surface area contributed by atoms with Crippen LogP contribution in [0.1, 0.15) is 41.3 Å². The Balaban J connectivity index is 2.07. The first kappa shape index (κ1) is 14.9. The van der Waals surface area contributed by atoms with E-state index in [2.05, 4.69) is 36.9 Å². The molecule has 0 amide bonds. The molecule has 1 N–H and O–H groups in total. The molecule has 3 rings (SSSR count). The Morgan fingerprint density at radius 3 is 2.82 bits per heavy atom. The Kier molecular flexibility index (Phi) is 4.03. The number of benzene rings is 1. The fourth-order valence-electron chi connectivity index (χ4n) is 3.44. The minimum Gasteiger partial charge on any atom is -0.480 e. The van der Waals surface area contributed by atoms with Gasteiger partial charge in [-0.25, -0.2) is 0 Å². The minimum atomic E-state index is -0.751. The Labute approximate surface area is 130 Å². The number of carbonyl (C=O) groups is 1. The van der Waals surface area contributed by atoms with E-state index in [1.807, 2.05) is 12.1 Å². The highest BCUT2D eigenvalue weighted by molar-refractivity contribution is 5.74. The number of nitrogens with zero attached hydrogens (tertiary/aromatic N) is 1. The average molecular weight is 299 g/mol. The quantitative estimate of drug-likeness (QED) is 0.938. The Morgan fingerprint density at radius 2 is 2.18 bits per heavy atom. The van der Waals surface area contributed by atoms with Gasteiger partial charge in [-0.15, -0.1) is 0 Å². The molecule has 1 aromatic heterocycles. The molecule has 0 bridgehead atoms. The minimum absolute atomic E-state index is 0.140. The van der Waals surface area contributed by atoms with Gasteiger partial charge in [0.15, 0.2) is 0 Å². The van der Waals surface area contributed by atoms with Gasteiger partial charge in [0.1, 0.15) is 11.8 Å². The lowest BCUT2D eigenvalue weighted by molar-refractivity contribution is -0.142. The Hall–Kier alpha value is -2.07. The van der Waals surface area contributed by atoms with Gasteiger partial charge in [-0.2, -0.15) is 0 Å². The molecule has 1 aliphatic rings. The van der Waals surface area contributed by atoms with Gasteiger partial charge in [0.25, 0.3) is 0 Å². The van der Waals surface area contributed by atoms with E-state index in [0.29, 0.717) is 6.42 Å². The summed E-state index contributed by atoms with van der Waals surface area (Å²) in [7, 11) is 0. The van der Waals surface area contributed by atoms with E-state index < -0.39 is 12.0 Å². The molecule has 1 aliphatic heterocycles. The van der Waals surface area contributed by atoms with Gasteiger partial charge < -0.3 is 9.52 Å². The lowest BCUT2D eigenvalue weighted by Gasteiger charge is -2.31. The highest BCUT2D eigenvalue weighted by Crippen LogP contribution is 2.36. The van der Waals surface area contributed by atoms with E-state index in [1.165, 1.54) is 5.56 Å². The van der Waals surface area contributed by atoms with E-state index in [9.17, 15) is 9.90 Å². The average Bonchev–Trinajstić information content (AvgIpc) is 3.13. The predicted octanol–water partition coefficient (Wildman–Crippen LogP) is 3.53. The van der Waals surface area contributed by atoms with Crippen molar-refractivity contribution in [2.24, 2.45) is 0 Å². The van der Waals surface area contributed by atoms with Gasteiger partial charge in [-0.1, -0.05) is 23.8 Å². The molecule has 2 atom stereocenters. The maximum absolute atomic E-state index is 11.6. The first-order chi connectivity index (χ1) is 10.6. The van der Waals surface area contributed by atoms with Crippen LogP contribution < -0.4 is 0 Å². The van der Waals surface area contributed by atoms with Crippen molar-refractivity contribution >= 4 is 5.97 Å². The van der Waals surface area contributed by atoms with Gasteiger partial charge in [0.05, 0.1) is 12.3 Å². The molecular weight excluding hydrogens is 278 g/mol. The van der Waals surface area contributed by atoms with Crippen LogP contribution in [0.25, 0.3) is 0 Å². The molecular formula is C18H21NO3. The van der Waals surface area contributed by atoms with Gasteiger partial charge in [-0.05, 0) is 49.9 Å². The van der Waals surface area contributed by atoms with Crippen LogP contribution in [0, 0.1) is 13.8 Å². The molecule has 0 radical (unpaired) electrons. The number of carboxylic acid groups (broad SMARTS) is 1. The van der Waals surface area contributed by atoms with Crippen LogP contribution in [0.2, 0.25) is 0 Å². The second-order valence-corrected chi connectivity index (χ2v) is 6.01. The lowest BCUT2D eigenvalue weighted by atomic mass is 9.95. The normalized spacial score (nSPS) is 20.2. The topological polar surface area (TPSA) is 53.7 Å². The third kappa shape index (κ3) is 2.66. The summed E-state index contributed by atoms with van der Waals surface area (Å²) >= 11 is 0. The van der Waals surface area contributed by atoms with Gasteiger partial charge in [-0.3, -0.25) is 9.69 Å². The fraction of sp³-hybridized carbons (Fsp3) is 0.389. The summed E-state index contributed by atoms with van der Waals surface area (Å²) in [5, 5.41) is 9.52. The van der Waals surface area contributed by atoms with Crippen molar-refractivity contribution in [3.05, 3.63) is 59.0 Å². The van der Waals surface area contributed by atoms with Crippen LogP contribution in [0.5, 0.6) is 0 Å². The zero-order chi connectivity index (χ0) is 15.7. The number of rotatable bonds is 4. The summed E-state index contributed by atoms with van der Waals surface area (Å²) in [5.74, 6) is 0.0546. The molecule has 1 aromatic carbocycles. The van der Waals surface area contributed by atoms with Gasteiger partial charge in [0, 0.05) is 6.54 Å². The van der Waals surface area contributed by atoms with E-state index in [-0.39, 0.29) is 6.04 Å². The van der Waals surface area contributed by atoms with Crippen molar-refractivity contribution < 1.29 is 14.3 Å². The van der Waals surface area contributed by atoms with Crippen LogP contribution in [-0.2, 0) is 4.79 Å². The van der Waals surface area contributed by atoms with E-state index in [0.717, 1.165) is 29.9 Å². The number of hydrogen-bond donors (Lipinski definition) is 1. The monoisotopic (exact) mass is 299 g/mol. The van der Waals surface area contributed by atoms with E-state index in [1.54, 1.807) is 6.26 Å².